The van der Waals surface area contributed by atoms with Crippen LogP contribution in [0.2, 0.25) is 0 Å². The maximum atomic E-state index is 14.1. The van der Waals surface area contributed by atoms with E-state index in [9.17, 15) is 19.4 Å². The highest BCUT2D eigenvalue weighted by Crippen LogP contribution is 2.47. The van der Waals surface area contributed by atoms with E-state index in [4.69, 9.17) is 15.2 Å². The summed E-state index contributed by atoms with van der Waals surface area (Å²) in [5, 5.41) is 35.6. The van der Waals surface area contributed by atoms with Crippen LogP contribution in [0.5, 0.6) is 0 Å². The van der Waals surface area contributed by atoms with E-state index in [0.29, 0.717) is 0 Å². The Hall–Kier alpha value is -3.88. The van der Waals surface area contributed by atoms with E-state index in [-0.39, 0.29) is 23.7 Å². The number of fused-ring (bicyclic) bond motifs is 1. The second-order valence-corrected chi connectivity index (χ2v) is 11.5. The van der Waals surface area contributed by atoms with Crippen molar-refractivity contribution in [1.29, 1.82) is 0 Å². The third-order valence-corrected chi connectivity index (χ3v) is 7.07. The van der Waals surface area contributed by atoms with E-state index >= 15 is 0 Å². The predicted molar refractivity (Wildman–Crippen MR) is 153 cm³/mol. The molecule has 208 valence electrons. The Morgan fingerprint density at radius 3 is 2.35 bits per heavy atom. The van der Waals surface area contributed by atoms with Crippen LogP contribution < -0.4 is 0 Å². The minimum Gasteiger partial charge on any atom is -0.481 e. The summed E-state index contributed by atoms with van der Waals surface area (Å²) in [4.78, 5) is 16.2. The van der Waals surface area contributed by atoms with Gasteiger partial charge in [0.05, 0.1) is 35.2 Å². The Balaban J connectivity index is 1.79. The van der Waals surface area contributed by atoms with Crippen molar-refractivity contribution in [3.05, 3.63) is 77.7 Å². The summed E-state index contributed by atoms with van der Waals surface area (Å²) >= 11 is 0. The topological polar surface area (TPSA) is 108 Å². The summed E-state index contributed by atoms with van der Waals surface area (Å²) in [7, 11) is 0. The van der Waals surface area contributed by atoms with E-state index in [1.165, 1.54) is 12.1 Å². The number of hydrogen-bond donors (Lipinski definition) is 3. The number of halogens is 1. The SMILES string of the molecule is CC(C)(C)n1nc(-c2ccccc2)c2c(-c3ccc(F)cc3)c(/C=C/[C@@H](O)C[C@@H](O)CC(=O)O)c(C3CC3)nc21. The zero-order valence-electron chi connectivity index (χ0n) is 22.9. The monoisotopic (exact) mass is 543 g/mol. The van der Waals surface area contributed by atoms with Crippen molar-refractivity contribution in [2.75, 3.05) is 0 Å². The molecule has 2 heterocycles. The van der Waals surface area contributed by atoms with Gasteiger partial charge in [-0.2, -0.15) is 5.10 Å². The summed E-state index contributed by atoms with van der Waals surface area (Å²) in [5.74, 6) is -1.23. The highest BCUT2D eigenvalue weighted by molar-refractivity contribution is 6.06. The van der Waals surface area contributed by atoms with Gasteiger partial charge in [0.15, 0.2) is 5.65 Å². The van der Waals surface area contributed by atoms with Gasteiger partial charge in [-0.1, -0.05) is 54.6 Å². The number of rotatable bonds is 9. The fourth-order valence-electron chi connectivity index (χ4n) is 5.05. The molecule has 0 spiro atoms. The van der Waals surface area contributed by atoms with Gasteiger partial charge in [0.25, 0.3) is 0 Å². The van der Waals surface area contributed by atoms with Crippen molar-refractivity contribution in [3.63, 3.8) is 0 Å². The molecular weight excluding hydrogens is 509 g/mol. The van der Waals surface area contributed by atoms with Gasteiger partial charge in [0, 0.05) is 29.0 Å². The molecule has 0 bridgehead atoms. The molecule has 0 aliphatic heterocycles. The second-order valence-electron chi connectivity index (χ2n) is 11.5. The maximum Gasteiger partial charge on any atom is 0.305 e. The zero-order chi connectivity index (χ0) is 28.6. The highest BCUT2D eigenvalue weighted by Gasteiger charge is 2.33. The van der Waals surface area contributed by atoms with Gasteiger partial charge in [-0.3, -0.25) is 4.79 Å². The Bertz CT molecular complexity index is 1550. The van der Waals surface area contributed by atoms with Gasteiger partial charge >= 0.3 is 5.97 Å². The predicted octanol–water partition coefficient (Wildman–Crippen LogP) is 6.14. The first-order valence-corrected chi connectivity index (χ1v) is 13.6. The smallest absolute Gasteiger partial charge is 0.305 e. The molecule has 0 amide bonds. The van der Waals surface area contributed by atoms with Crippen molar-refractivity contribution in [2.45, 2.75) is 70.1 Å². The molecule has 8 heteroatoms. The molecule has 7 nitrogen and oxygen atoms in total. The molecule has 0 radical (unpaired) electrons. The molecule has 2 atom stereocenters. The van der Waals surface area contributed by atoms with Crippen molar-refractivity contribution in [3.8, 4) is 22.4 Å². The summed E-state index contributed by atoms with van der Waals surface area (Å²) in [5.41, 5.74) is 5.37. The molecule has 0 saturated heterocycles. The first-order valence-electron chi connectivity index (χ1n) is 13.6. The number of carboxylic acid groups (broad SMARTS) is 1. The Morgan fingerprint density at radius 2 is 1.75 bits per heavy atom. The average molecular weight is 544 g/mol. The molecule has 1 aliphatic rings. The molecule has 2 aromatic carbocycles. The normalized spacial score (nSPS) is 15.6. The number of nitrogens with zero attached hydrogens (tertiary/aromatic N) is 3. The maximum absolute atomic E-state index is 14.1. The fourth-order valence-corrected chi connectivity index (χ4v) is 5.05. The number of carbonyl (C=O) groups is 1. The average Bonchev–Trinajstić information content (AvgIpc) is 3.66. The van der Waals surface area contributed by atoms with Crippen LogP contribution in [0.1, 0.15) is 63.6 Å². The lowest BCUT2D eigenvalue weighted by atomic mass is 9.91. The van der Waals surface area contributed by atoms with Crippen LogP contribution in [-0.4, -0.2) is 48.3 Å². The molecule has 0 unspecified atom stereocenters. The van der Waals surface area contributed by atoms with Gasteiger partial charge in [0.2, 0.25) is 0 Å². The van der Waals surface area contributed by atoms with E-state index in [1.807, 2.05) is 35.0 Å². The van der Waals surface area contributed by atoms with Gasteiger partial charge < -0.3 is 15.3 Å². The second kappa shape index (κ2) is 10.9. The summed E-state index contributed by atoms with van der Waals surface area (Å²) in [6.07, 6.45) is 2.55. The van der Waals surface area contributed by atoms with E-state index in [2.05, 4.69) is 20.8 Å². The van der Waals surface area contributed by atoms with Crippen molar-refractivity contribution in [2.24, 2.45) is 0 Å². The molecular formula is C32H34FN3O4. The lowest BCUT2D eigenvalue weighted by Gasteiger charge is -2.21. The van der Waals surface area contributed by atoms with Crippen molar-refractivity contribution >= 4 is 23.1 Å². The lowest BCUT2D eigenvalue weighted by molar-refractivity contribution is -0.139. The molecule has 3 N–H and O–H groups in total. The lowest BCUT2D eigenvalue weighted by Crippen LogP contribution is -2.23. The minimum absolute atomic E-state index is 0.111. The first kappa shape index (κ1) is 27.7. The summed E-state index contributed by atoms with van der Waals surface area (Å²) in [6.45, 7) is 6.24. The van der Waals surface area contributed by atoms with Crippen LogP contribution in [0.25, 0.3) is 39.5 Å². The van der Waals surface area contributed by atoms with Crippen LogP contribution in [-0.2, 0) is 10.3 Å². The van der Waals surface area contributed by atoms with Crippen LogP contribution >= 0.6 is 0 Å². The quantitative estimate of drug-likeness (QED) is 0.234. The highest BCUT2D eigenvalue weighted by atomic mass is 19.1. The van der Waals surface area contributed by atoms with E-state index < -0.39 is 24.6 Å². The van der Waals surface area contributed by atoms with Crippen molar-refractivity contribution in [1.82, 2.24) is 14.8 Å². The summed E-state index contributed by atoms with van der Waals surface area (Å²) < 4.78 is 16.0. The number of aliphatic hydroxyl groups excluding tert-OH is 2. The van der Waals surface area contributed by atoms with Gasteiger partial charge in [0.1, 0.15) is 11.5 Å². The van der Waals surface area contributed by atoms with Crippen LogP contribution in [0.3, 0.4) is 0 Å². The fraction of sp³-hybridized carbons (Fsp3) is 0.344. The van der Waals surface area contributed by atoms with Crippen LogP contribution in [0.4, 0.5) is 4.39 Å². The molecule has 1 aliphatic carbocycles. The number of aliphatic carboxylic acids is 1. The van der Waals surface area contributed by atoms with Crippen molar-refractivity contribution < 1.29 is 24.5 Å². The number of pyridine rings is 1. The number of aromatic nitrogens is 3. The van der Waals surface area contributed by atoms with E-state index in [0.717, 1.165) is 57.5 Å². The number of aliphatic hydroxyl groups is 2. The standard InChI is InChI=1S/C32H34FN3O4/c1-32(2,3)36-31-28(30(35-36)20-7-5-4-6-8-20)27(19-11-13-22(33)14-12-19)25(29(34-31)21-9-10-21)16-15-23(37)17-24(38)18-26(39)40/h4-8,11-16,21,23-24,37-38H,9-10,17-18H2,1-3H3,(H,39,40)/b16-15+/t23-,24-/m1/s1. The Kier molecular flexibility index (Phi) is 7.57. The number of carboxylic acids is 1. The van der Waals surface area contributed by atoms with Crippen LogP contribution in [0, 0.1) is 5.82 Å². The largest absolute Gasteiger partial charge is 0.481 e. The zero-order valence-corrected chi connectivity index (χ0v) is 22.9. The first-order chi connectivity index (χ1) is 19.0. The summed E-state index contributed by atoms with van der Waals surface area (Å²) in [6, 6.07) is 16.2. The molecule has 5 rings (SSSR count). The molecule has 4 aromatic rings. The van der Waals surface area contributed by atoms with Gasteiger partial charge in [-0.05, 0) is 51.3 Å². The molecule has 2 aromatic heterocycles. The van der Waals surface area contributed by atoms with Crippen LogP contribution in [0.15, 0.2) is 60.7 Å². The number of hydrogen-bond acceptors (Lipinski definition) is 5. The van der Waals surface area contributed by atoms with Gasteiger partial charge in [-0.15, -0.1) is 0 Å². The van der Waals surface area contributed by atoms with E-state index in [1.54, 1.807) is 24.3 Å². The Labute approximate surface area is 232 Å². The molecule has 40 heavy (non-hydrogen) atoms. The molecule has 1 fully saturated rings. The molecule has 1 saturated carbocycles. The van der Waals surface area contributed by atoms with Gasteiger partial charge in [-0.25, -0.2) is 14.1 Å². The third-order valence-electron chi connectivity index (χ3n) is 7.07. The third kappa shape index (κ3) is 5.83. The Morgan fingerprint density at radius 1 is 1.07 bits per heavy atom. The minimum atomic E-state index is -1.17. The number of benzene rings is 2.